The first-order valence-corrected chi connectivity index (χ1v) is 9.30. The van der Waals surface area contributed by atoms with Crippen molar-refractivity contribution in [2.24, 2.45) is 0 Å². The zero-order valence-electron chi connectivity index (χ0n) is 14.2. The lowest BCUT2D eigenvalue weighted by Crippen LogP contribution is -2.54. The number of amides is 3. The molecule has 23 heavy (non-hydrogen) atoms. The van der Waals surface area contributed by atoms with Gasteiger partial charge in [-0.1, -0.05) is 0 Å². The highest BCUT2D eigenvalue weighted by molar-refractivity contribution is 7.07. The number of nitrogens with one attached hydrogen (secondary N) is 2. The van der Waals surface area contributed by atoms with Gasteiger partial charge in [-0.3, -0.25) is 4.79 Å². The minimum atomic E-state index is -0.496. The fourth-order valence-corrected chi connectivity index (χ4v) is 3.69. The Balaban J connectivity index is 1.78. The lowest BCUT2D eigenvalue weighted by Gasteiger charge is -2.35. The van der Waals surface area contributed by atoms with E-state index in [2.05, 4.69) is 29.0 Å². The lowest BCUT2D eigenvalue weighted by atomic mass is 10.0. The maximum atomic E-state index is 12.5. The molecule has 1 aliphatic heterocycles. The zero-order chi connectivity index (χ0) is 16.8. The van der Waals surface area contributed by atoms with Crippen LogP contribution in [0.4, 0.5) is 4.79 Å². The Bertz CT molecular complexity index is 518. The minimum Gasteiger partial charge on any atom is -0.338 e. The molecule has 1 fully saturated rings. The highest BCUT2D eigenvalue weighted by atomic mass is 32.1. The molecule has 1 aliphatic rings. The van der Waals surface area contributed by atoms with Crippen LogP contribution in [-0.4, -0.2) is 41.5 Å². The normalized spacial score (nSPS) is 20.7. The van der Waals surface area contributed by atoms with Crippen LogP contribution >= 0.6 is 11.3 Å². The van der Waals surface area contributed by atoms with Gasteiger partial charge in [-0.25, -0.2) is 4.79 Å². The van der Waals surface area contributed by atoms with Crippen molar-refractivity contribution in [2.75, 3.05) is 6.54 Å². The molecule has 3 amide bonds. The molecule has 1 aromatic rings. The summed E-state index contributed by atoms with van der Waals surface area (Å²) in [5.74, 6) is 0.0119. The maximum absolute atomic E-state index is 12.5. The predicted molar refractivity (Wildman–Crippen MR) is 93.6 cm³/mol. The van der Waals surface area contributed by atoms with Crippen molar-refractivity contribution in [3.05, 3.63) is 22.4 Å². The van der Waals surface area contributed by atoms with Gasteiger partial charge in [0.25, 0.3) is 0 Å². The van der Waals surface area contributed by atoms with E-state index in [1.54, 1.807) is 18.3 Å². The molecule has 128 valence electrons. The van der Waals surface area contributed by atoms with Crippen LogP contribution < -0.4 is 10.6 Å². The Labute approximate surface area is 142 Å². The molecule has 5 nitrogen and oxygen atoms in total. The van der Waals surface area contributed by atoms with Crippen molar-refractivity contribution < 1.29 is 9.59 Å². The average Bonchev–Trinajstić information content (AvgIpc) is 2.99. The molecule has 2 heterocycles. The van der Waals surface area contributed by atoms with E-state index < -0.39 is 6.04 Å². The molecule has 0 saturated carbocycles. The molecule has 3 atom stereocenters. The Morgan fingerprint density at radius 2 is 2.13 bits per heavy atom. The molecule has 2 rings (SSSR count). The van der Waals surface area contributed by atoms with E-state index in [1.807, 2.05) is 17.2 Å². The SMILES string of the molecule is C[C@H](Cc1ccsc1)NC(=O)N[C@H](C)C(=O)N1CCCC[C@@H]1C. The van der Waals surface area contributed by atoms with Crippen molar-refractivity contribution in [3.8, 4) is 0 Å². The standard InChI is InChI=1S/C17H27N3O2S/c1-12(10-15-7-9-23-11-15)18-17(22)19-14(3)16(21)20-8-5-4-6-13(20)2/h7,9,11-14H,4-6,8,10H2,1-3H3,(H2,18,19,22)/t12-,13+,14-/m1/s1. The molecule has 0 spiro atoms. The van der Waals surface area contributed by atoms with Crippen LogP contribution in [0.15, 0.2) is 16.8 Å². The number of nitrogens with zero attached hydrogens (tertiary/aromatic N) is 1. The van der Waals surface area contributed by atoms with Gasteiger partial charge in [0.1, 0.15) is 6.04 Å². The first-order chi connectivity index (χ1) is 11.0. The Kier molecular flexibility index (Phi) is 6.45. The summed E-state index contributed by atoms with van der Waals surface area (Å²) < 4.78 is 0. The molecule has 0 unspecified atom stereocenters. The van der Waals surface area contributed by atoms with Gasteiger partial charge in [0.2, 0.25) is 5.91 Å². The van der Waals surface area contributed by atoms with Gasteiger partial charge >= 0.3 is 6.03 Å². The summed E-state index contributed by atoms with van der Waals surface area (Å²) in [6, 6.07) is 1.58. The summed E-state index contributed by atoms with van der Waals surface area (Å²) in [4.78, 5) is 26.4. The van der Waals surface area contributed by atoms with Gasteiger partial charge in [-0.05, 0) is 68.8 Å². The monoisotopic (exact) mass is 337 g/mol. The molecular formula is C17H27N3O2S. The second kappa shape index (κ2) is 8.34. The van der Waals surface area contributed by atoms with Crippen LogP contribution in [0.2, 0.25) is 0 Å². The summed E-state index contributed by atoms with van der Waals surface area (Å²) in [6.45, 7) is 6.60. The van der Waals surface area contributed by atoms with Crippen molar-refractivity contribution in [1.82, 2.24) is 15.5 Å². The number of likely N-dealkylation sites (tertiary alicyclic amines) is 1. The molecule has 1 aromatic heterocycles. The van der Waals surface area contributed by atoms with Crippen LogP contribution in [-0.2, 0) is 11.2 Å². The smallest absolute Gasteiger partial charge is 0.315 e. The molecule has 0 aliphatic carbocycles. The van der Waals surface area contributed by atoms with Crippen molar-refractivity contribution in [2.45, 2.75) is 64.6 Å². The number of hydrogen-bond acceptors (Lipinski definition) is 3. The third kappa shape index (κ3) is 5.23. The summed E-state index contributed by atoms with van der Waals surface area (Å²) in [6.07, 6.45) is 4.06. The highest BCUT2D eigenvalue weighted by Gasteiger charge is 2.27. The fraction of sp³-hybridized carbons (Fsp3) is 0.647. The Hall–Kier alpha value is -1.56. The average molecular weight is 337 g/mol. The number of hydrogen-bond donors (Lipinski definition) is 2. The number of piperidine rings is 1. The molecule has 0 aromatic carbocycles. The summed E-state index contributed by atoms with van der Waals surface area (Å²) in [7, 11) is 0. The predicted octanol–water partition coefficient (Wildman–Crippen LogP) is 2.77. The topological polar surface area (TPSA) is 61.4 Å². The van der Waals surface area contributed by atoms with Crippen LogP contribution in [0, 0.1) is 0 Å². The van der Waals surface area contributed by atoms with Crippen LogP contribution in [0.25, 0.3) is 0 Å². The first-order valence-electron chi connectivity index (χ1n) is 8.36. The molecule has 0 radical (unpaired) electrons. The van der Waals surface area contributed by atoms with Gasteiger partial charge in [0, 0.05) is 18.6 Å². The quantitative estimate of drug-likeness (QED) is 0.868. The summed E-state index contributed by atoms with van der Waals surface area (Å²) >= 11 is 1.65. The van der Waals surface area contributed by atoms with Gasteiger partial charge < -0.3 is 15.5 Å². The number of urea groups is 1. The maximum Gasteiger partial charge on any atom is 0.315 e. The van der Waals surface area contributed by atoms with Gasteiger partial charge in [0.15, 0.2) is 0 Å². The molecule has 0 bridgehead atoms. The van der Waals surface area contributed by atoms with Gasteiger partial charge in [0.05, 0.1) is 0 Å². The van der Waals surface area contributed by atoms with Gasteiger partial charge in [-0.2, -0.15) is 11.3 Å². The minimum absolute atomic E-state index is 0.0119. The lowest BCUT2D eigenvalue weighted by molar-refractivity contribution is -0.136. The zero-order valence-corrected chi connectivity index (χ0v) is 15.0. The van der Waals surface area contributed by atoms with E-state index in [-0.39, 0.29) is 24.0 Å². The van der Waals surface area contributed by atoms with Crippen LogP contribution in [0.3, 0.4) is 0 Å². The molecule has 2 N–H and O–H groups in total. The van der Waals surface area contributed by atoms with E-state index in [9.17, 15) is 9.59 Å². The number of carbonyl (C=O) groups is 2. The van der Waals surface area contributed by atoms with Gasteiger partial charge in [-0.15, -0.1) is 0 Å². The fourth-order valence-electron chi connectivity index (χ4n) is 3.01. The second-order valence-corrected chi connectivity index (χ2v) is 7.23. The van der Waals surface area contributed by atoms with Crippen LogP contribution in [0.1, 0.15) is 45.6 Å². The van der Waals surface area contributed by atoms with Crippen molar-refractivity contribution >= 4 is 23.3 Å². The second-order valence-electron chi connectivity index (χ2n) is 6.45. The highest BCUT2D eigenvalue weighted by Crippen LogP contribution is 2.17. The summed E-state index contributed by atoms with van der Waals surface area (Å²) in [5.41, 5.74) is 1.22. The van der Waals surface area contributed by atoms with Crippen LogP contribution in [0.5, 0.6) is 0 Å². The Morgan fingerprint density at radius 3 is 2.78 bits per heavy atom. The van der Waals surface area contributed by atoms with Crippen molar-refractivity contribution in [1.29, 1.82) is 0 Å². The van der Waals surface area contributed by atoms with Crippen molar-refractivity contribution in [3.63, 3.8) is 0 Å². The number of carbonyl (C=O) groups excluding carboxylic acids is 2. The number of rotatable bonds is 5. The van der Waals surface area contributed by atoms with E-state index in [0.29, 0.717) is 0 Å². The summed E-state index contributed by atoms with van der Waals surface area (Å²) in [5, 5.41) is 9.79. The number of thiophene rings is 1. The van der Waals surface area contributed by atoms with E-state index in [4.69, 9.17) is 0 Å². The largest absolute Gasteiger partial charge is 0.338 e. The first kappa shape index (κ1) is 17.8. The Morgan fingerprint density at radius 1 is 1.35 bits per heavy atom. The van der Waals surface area contributed by atoms with E-state index >= 15 is 0 Å². The third-order valence-corrected chi connectivity index (χ3v) is 5.04. The molecular weight excluding hydrogens is 310 g/mol. The van der Waals surface area contributed by atoms with E-state index in [0.717, 1.165) is 25.8 Å². The third-order valence-electron chi connectivity index (χ3n) is 4.30. The molecule has 1 saturated heterocycles. The molecule has 6 heteroatoms. The van der Waals surface area contributed by atoms with E-state index in [1.165, 1.54) is 12.0 Å².